The third-order valence-corrected chi connectivity index (χ3v) is 5.59. The number of aliphatic hydroxyl groups is 1. The normalized spacial score (nSPS) is 15.4. The zero-order valence-electron chi connectivity index (χ0n) is 13.7. The second-order valence-corrected chi connectivity index (χ2v) is 7.06. The fourth-order valence-corrected chi connectivity index (χ4v) is 4.19. The lowest BCUT2D eigenvalue weighted by atomic mass is 10.0. The molecule has 0 spiro atoms. The number of hydrogen-bond acceptors (Lipinski definition) is 6. The van der Waals surface area contributed by atoms with Gasteiger partial charge in [-0.15, -0.1) is 11.3 Å². The van der Waals surface area contributed by atoms with Crippen molar-refractivity contribution in [3.63, 3.8) is 0 Å². The van der Waals surface area contributed by atoms with Crippen molar-refractivity contribution in [2.24, 2.45) is 0 Å². The van der Waals surface area contributed by atoms with Crippen LogP contribution in [0.2, 0.25) is 0 Å². The van der Waals surface area contributed by atoms with Gasteiger partial charge in [0.05, 0.1) is 30.6 Å². The Morgan fingerprint density at radius 3 is 3.04 bits per heavy atom. The molecule has 24 heavy (non-hydrogen) atoms. The number of anilines is 1. The van der Waals surface area contributed by atoms with E-state index in [0.717, 1.165) is 41.7 Å². The summed E-state index contributed by atoms with van der Waals surface area (Å²) in [6.07, 6.45) is 2.27. The molecule has 1 N–H and O–H groups in total. The molecular formula is C18H19N3O2S. The second-order valence-electron chi connectivity index (χ2n) is 6.06. The summed E-state index contributed by atoms with van der Waals surface area (Å²) in [5.41, 5.74) is 4.00. The van der Waals surface area contributed by atoms with Gasteiger partial charge in [0.25, 0.3) is 0 Å². The molecule has 1 aromatic carbocycles. The summed E-state index contributed by atoms with van der Waals surface area (Å²) in [5, 5.41) is 21.6. The zero-order valence-corrected chi connectivity index (χ0v) is 14.5. The Kier molecular flexibility index (Phi) is 3.86. The Labute approximate surface area is 144 Å². The van der Waals surface area contributed by atoms with Crippen LogP contribution in [-0.4, -0.2) is 29.0 Å². The van der Waals surface area contributed by atoms with Crippen molar-refractivity contribution >= 4 is 27.9 Å². The highest BCUT2D eigenvalue weighted by Crippen LogP contribution is 2.35. The summed E-state index contributed by atoms with van der Waals surface area (Å²) in [7, 11) is 1.60. The molecule has 0 bridgehead atoms. The van der Waals surface area contributed by atoms with E-state index in [9.17, 15) is 5.11 Å². The van der Waals surface area contributed by atoms with E-state index in [2.05, 4.69) is 26.5 Å². The summed E-state index contributed by atoms with van der Waals surface area (Å²) in [6, 6.07) is 6.03. The minimum atomic E-state index is -0.602. The van der Waals surface area contributed by atoms with Gasteiger partial charge in [0.1, 0.15) is 5.75 Å². The van der Waals surface area contributed by atoms with Crippen LogP contribution in [-0.2, 0) is 13.0 Å². The van der Waals surface area contributed by atoms with Crippen molar-refractivity contribution in [1.29, 1.82) is 0 Å². The largest absolute Gasteiger partial charge is 0.496 e. The SMILES string of the molecule is COc1cc2nncc(N3CCc4sccc4C3)c2cc1C(C)O. The molecule has 0 saturated carbocycles. The number of hydrogen-bond donors (Lipinski definition) is 1. The topological polar surface area (TPSA) is 58.5 Å². The molecular weight excluding hydrogens is 322 g/mol. The van der Waals surface area contributed by atoms with Gasteiger partial charge in [-0.3, -0.25) is 0 Å². The minimum absolute atomic E-state index is 0.602. The molecule has 0 aliphatic carbocycles. The van der Waals surface area contributed by atoms with Gasteiger partial charge in [0, 0.05) is 35.0 Å². The highest BCUT2D eigenvalue weighted by atomic mass is 32.1. The summed E-state index contributed by atoms with van der Waals surface area (Å²) in [5.74, 6) is 0.641. The number of methoxy groups -OCH3 is 1. The molecule has 1 aliphatic heterocycles. The number of ether oxygens (including phenoxy) is 1. The van der Waals surface area contributed by atoms with Gasteiger partial charge in [-0.2, -0.15) is 10.2 Å². The van der Waals surface area contributed by atoms with E-state index < -0.39 is 6.10 Å². The van der Waals surface area contributed by atoms with Crippen LogP contribution < -0.4 is 9.64 Å². The van der Waals surface area contributed by atoms with Gasteiger partial charge >= 0.3 is 0 Å². The Morgan fingerprint density at radius 1 is 1.38 bits per heavy atom. The molecule has 3 heterocycles. The van der Waals surface area contributed by atoms with Gasteiger partial charge < -0.3 is 14.7 Å². The van der Waals surface area contributed by atoms with Crippen LogP contribution in [0.25, 0.3) is 10.9 Å². The molecule has 3 aromatic rings. The lowest BCUT2D eigenvalue weighted by molar-refractivity contribution is 0.194. The van der Waals surface area contributed by atoms with Crippen molar-refractivity contribution in [2.75, 3.05) is 18.6 Å². The van der Waals surface area contributed by atoms with Crippen LogP contribution >= 0.6 is 11.3 Å². The highest BCUT2D eigenvalue weighted by molar-refractivity contribution is 7.10. The first-order valence-electron chi connectivity index (χ1n) is 7.99. The number of benzene rings is 1. The molecule has 2 aromatic heterocycles. The molecule has 124 valence electrons. The number of rotatable bonds is 3. The average Bonchev–Trinajstić information content (AvgIpc) is 3.07. The third-order valence-electron chi connectivity index (χ3n) is 4.57. The Hall–Kier alpha value is -2.18. The van der Waals surface area contributed by atoms with Gasteiger partial charge in [-0.1, -0.05) is 0 Å². The summed E-state index contributed by atoms with van der Waals surface area (Å²) in [6.45, 7) is 3.59. The number of thiophene rings is 1. The van der Waals surface area contributed by atoms with Gasteiger partial charge in [0.2, 0.25) is 0 Å². The van der Waals surface area contributed by atoms with Crippen molar-refractivity contribution < 1.29 is 9.84 Å². The van der Waals surface area contributed by atoms with Crippen LogP contribution in [0.1, 0.15) is 29.0 Å². The van der Waals surface area contributed by atoms with Crippen LogP contribution in [0.15, 0.2) is 29.8 Å². The van der Waals surface area contributed by atoms with Gasteiger partial charge in [-0.25, -0.2) is 0 Å². The maximum absolute atomic E-state index is 10.1. The van der Waals surface area contributed by atoms with Crippen molar-refractivity contribution in [3.8, 4) is 5.75 Å². The fourth-order valence-electron chi connectivity index (χ4n) is 3.30. The standard InChI is InChI=1S/C18H19N3O2S/c1-11(22)13-7-14-15(8-17(13)23-2)20-19-9-16(14)21-5-3-18-12(10-21)4-6-24-18/h4,6-9,11,22H,3,5,10H2,1-2H3. The lowest BCUT2D eigenvalue weighted by Gasteiger charge is -2.29. The molecule has 0 amide bonds. The lowest BCUT2D eigenvalue weighted by Crippen LogP contribution is -2.29. The van der Waals surface area contributed by atoms with E-state index in [0.29, 0.717) is 5.75 Å². The molecule has 6 heteroatoms. The Balaban J connectivity index is 1.83. The van der Waals surface area contributed by atoms with Crippen LogP contribution in [0.5, 0.6) is 5.75 Å². The molecule has 1 unspecified atom stereocenters. The number of aliphatic hydroxyl groups excluding tert-OH is 1. The van der Waals surface area contributed by atoms with E-state index in [1.54, 1.807) is 14.0 Å². The first-order chi connectivity index (χ1) is 11.7. The van der Waals surface area contributed by atoms with Gasteiger partial charge in [-0.05, 0) is 36.4 Å². The predicted octanol–water partition coefficient (Wildman–Crippen LogP) is 3.32. The van der Waals surface area contributed by atoms with E-state index in [1.807, 2.05) is 29.7 Å². The molecule has 5 nitrogen and oxygen atoms in total. The number of aromatic nitrogens is 2. The van der Waals surface area contributed by atoms with E-state index >= 15 is 0 Å². The molecule has 1 atom stereocenters. The van der Waals surface area contributed by atoms with Crippen LogP contribution in [0.3, 0.4) is 0 Å². The molecule has 0 saturated heterocycles. The number of fused-ring (bicyclic) bond motifs is 2. The molecule has 0 radical (unpaired) electrons. The third kappa shape index (κ3) is 2.52. The van der Waals surface area contributed by atoms with Gasteiger partial charge in [0.15, 0.2) is 0 Å². The first-order valence-corrected chi connectivity index (χ1v) is 8.87. The Morgan fingerprint density at radius 2 is 2.25 bits per heavy atom. The fraction of sp³-hybridized carbons (Fsp3) is 0.333. The zero-order chi connectivity index (χ0) is 16.7. The second kappa shape index (κ2) is 6.03. The predicted molar refractivity (Wildman–Crippen MR) is 95.8 cm³/mol. The smallest absolute Gasteiger partial charge is 0.126 e. The average molecular weight is 341 g/mol. The first kappa shape index (κ1) is 15.4. The number of nitrogens with zero attached hydrogens (tertiary/aromatic N) is 3. The monoisotopic (exact) mass is 341 g/mol. The van der Waals surface area contributed by atoms with Crippen molar-refractivity contribution in [2.45, 2.75) is 26.0 Å². The van der Waals surface area contributed by atoms with E-state index in [-0.39, 0.29) is 0 Å². The van der Waals surface area contributed by atoms with Crippen LogP contribution in [0, 0.1) is 0 Å². The van der Waals surface area contributed by atoms with Crippen molar-refractivity contribution in [3.05, 3.63) is 45.8 Å². The van der Waals surface area contributed by atoms with E-state index in [4.69, 9.17) is 4.74 Å². The maximum Gasteiger partial charge on any atom is 0.126 e. The van der Waals surface area contributed by atoms with Crippen molar-refractivity contribution in [1.82, 2.24) is 10.2 Å². The molecule has 0 fully saturated rings. The Bertz CT molecular complexity index is 891. The summed E-state index contributed by atoms with van der Waals surface area (Å²) >= 11 is 1.83. The molecule has 1 aliphatic rings. The quantitative estimate of drug-likeness (QED) is 0.792. The maximum atomic E-state index is 10.1. The molecule has 4 rings (SSSR count). The summed E-state index contributed by atoms with van der Waals surface area (Å²) < 4.78 is 5.40. The van der Waals surface area contributed by atoms with E-state index in [1.165, 1.54) is 10.4 Å². The van der Waals surface area contributed by atoms with Crippen LogP contribution in [0.4, 0.5) is 5.69 Å². The summed E-state index contributed by atoms with van der Waals surface area (Å²) in [4.78, 5) is 3.81. The highest BCUT2D eigenvalue weighted by Gasteiger charge is 2.21. The minimum Gasteiger partial charge on any atom is -0.496 e.